The summed E-state index contributed by atoms with van der Waals surface area (Å²) in [6, 6.07) is 5.39. The highest BCUT2D eigenvalue weighted by Gasteiger charge is 2.18. The van der Waals surface area contributed by atoms with Gasteiger partial charge in [0.25, 0.3) is 10.0 Å². The number of imidazole rings is 1. The molecular formula is C12H14BrN3O2S. The van der Waals surface area contributed by atoms with E-state index in [0.29, 0.717) is 12.2 Å². The molecule has 1 heterocycles. The lowest BCUT2D eigenvalue weighted by molar-refractivity contribution is 0.598. The topological polar surface area (TPSA) is 64.0 Å². The Bertz CT molecular complexity index is 695. The van der Waals surface area contributed by atoms with Crippen molar-refractivity contribution >= 4 is 31.6 Å². The molecule has 1 aromatic heterocycles. The molecule has 0 spiro atoms. The smallest absolute Gasteiger partial charge is 0.280 e. The van der Waals surface area contributed by atoms with Crippen molar-refractivity contribution in [2.75, 3.05) is 4.72 Å². The van der Waals surface area contributed by atoms with E-state index >= 15 is 0 Å². The SMILES string of the molecule is CCn1cnc(S(=O)(=O)Nc2cccc(C)c2Br)c1. The predicted molar refractivity (Wildman–Crippen MR) is 77.6 cm³/mol. The van der Waals surface area contributed by atoms with Gasteiger partial charge in [0.15, 0.2) is 5.03 Å². The molecule has 1 aromatic carbocycles. The van der Waals surface area contributed by atoms with Crippen molar-refractivity contribution in [2.24, 2.45) is 0 Å². The Kier molecular flexibility index (Phi) is 3.96. The van der Waals surface area contributed by atoms with Crippen molar-refractivity contribution in [3.63, 3.8) is 0 Å². The number of benzene rings is 1. The van der Waals surface area contributed by atoms with E-state index < -0.39 is 10.0 Å². The van der Waals surface area contributed by atoms with Gasteiger partial charge in [0.2, 0.25) is 0 Å². The minimum absolute atomic E-state index is 0.0164. The highest BCUT2D eigenvalue weighted by molar-refractivity contribution is 9.10. The van der Waals surface area contributed by atoms with Crippen LogP contribution >= 0.6 is 15.9 Å². The number of aromatic nitrogens is 2. The lowest BCUT2D eigenvalue weighted by Gasteiger charge is -2.09. The summed E-state index contributed by atoms with van der Waals surface area (Å²) < 4.78 is 29.3. The fraction of sp³-hybridized carbons (Fsp3) is 0.250. The maximum absolute atomic E-state index is 12.2. The van der Waals surface area contributed by atoms with Crippen LogP contribution in [0.4, 0.5) is 5.69 Å². The van der Waals surface area contributed by atoms with Crippen LogP contribution in [-0.2, 0) is 16.6 Å². The molecule has 0 saturated heterocycles. The third-order valence-corrected chi connectivity index (χ3v) is 4.99. The summed E-state index contributed by atoms with van der Waals surface area (Å²) >= 11 is 3.37. The van der Waals surface area contributed by atoms with Crippen LogP contribution in [-0.4, -0.2) is 18.0 Å². The first-order chi connectivity index (χ1) is 8.94. The van der Waals surface area contributed by atoms with Crippen LogP contribution in [0.2, 0.25) is 0 Å². The Balaban J connectivity index is 2.33. The summed E-state index contributed by atoms with van der Waals surface area (Å²) in [5.41, 5.74) is 1.46. The number of nitrogens with one attached hydrogen (secondary N) is 1. The van der Waals surface area contributed by atoms with Gasteiger partial charge in [-0.1, -0.05) is 12.1 Å². The van der Waals surface area contributed by atoms with Crippen molar-refractivity contribution in [3.05, 3.63) is 40.8 Å². The van der Waals surface area contributed by atoms with Gasteiger partial charge in [-0.25, -0.2) is 4.98 Å². The zero-order valence-electron chi connectivity index (χ0n) is 10.6. The van der Waals surface area contributed by atoms with Crippen LogP contribution in [0.15, 0.2) is 40.2 Å². The number of anilines is 1. The molecule has 0 aliphatic heterocycles. The number of rotatable bonds is 4. The van der Waals surface area contributed by atoms with Crippen LogP contribution in [0.1, 0.15) is 12.5 Å². The molecule has 19 heavy (non-hydrogen) atoms. The lowest BCUT2D eigenvalue weighted by atomic mass is 10.2. The van der Waals surface area contributed by atoms with E-state index in [1.54, 1.807) is 16.7 Å². The van der Waals surface area contributed by atoms with E-state index in [2.05, 4.69) is 25.6 Å². The Morgan fingerprint density at radius 1 is 1.42 bits per heavy atom. The molecule has 102 valence electrons. The molecule has 0 unspecified atom stereocenters. The molecule has 1 N–H and O–H groups in total. The van der Waals surface area contributed by atoms with E-state index in [-0.39, 0.29) is 5.03 Å². The summed E-state index contributed by atoms with van der Waals surface area (Å²) in [6.45, 7) is 4.49. The standard InChI is InChI=1S/C12H14BrN3O2S/c1-3-16-7-11(14-8-16)19(17,18)15-10-6-4-5-9(2)12(10)13/h4-8,15H,3H2,1-2H3. The van der Waals surface area contributed by atoms with Crippen molar-refractivity contribution in [2.45, 2.75) is 25.4 Å². The van der Waals surface area contributed by atoms with E-state index in [0.717, 1.165) is 10.0 Å². The fourth-order valence-corrected chi connectivity index (χ4v) is 3.09. The van der Waals surface area contributed by atoms with Crippen molar-refractivity contribution in [1.82, 2.24) is 9.55 Å². The molecule has 0 atom stereocenters. The first-order valence-electron chi connectivity index (χ1n) is 5.73. The van der Waals surface area contributed by atoms with E-state index in [1.165, 1.54) is 12.5 Å². The van der Waals surface area contributed by atoms with Gasteiger partial charge in [0.1, 0.15) is 0 Å². The van der Waals surface area contributed by atoms with Crippen molar-refractivity contribution in [1.29, 1.82) is 0 Å². The summed E-state index contributed by atoms with van der Waals surface area (Å²) in [6.07, 6.45) is 3.01. The van der Waals surface area contributed by atoms with E-state index in [4.69, 9.17) is 0 Å². The highest BCUT2D eigenvalue weighted by atomic mass is 79.9. The first kappa shape index (κ1) is 14.1. The second kappa shape index (κ2) is 5.34. The monoisotopic (exact) mass is 343 g/mol. The number of aryl methyl sites for hydroxylation is 2. The molecule has 0 bridgehead atoms. The Hall–Kier alpha value is -1.34. The number of hydrogen-bond acceptors (Lipinski definition) is 3. The normalized spacial score (nSPS) is 11.5. The van der Waals surface area contributed by atoms with E-state index in [9.17, 15) is 8.42 Å². The van der Waals surface area contributed by atoms with Crippen molar-refractivity contribution < 1.29 is 8.42 Å². The third-order valence-electron chi connectivity index (χ3n) is 2.69. The van der Waals surface area contributed by atoms with Crippen LogP contribution in [0.25, 0.3) is 0 Å². The summed E-state index contributed by atoms with van der Waals surface area (Å²) in [5.74, 6) is 0. The van der Waals surface area contributed by atoms with Gasteiger partial charge in [-0.2, -0.15) is 8.42 Å². The van der Waals surface area contributed by atoms with Crippen LogP contribution in [0.3, 0.4) is 0 Å². The largest absolute Gasteiger partial charge is 0.336 e. The quantitative estimate of drug-likeness (QED) is 0.928. The molecule has 2 rings (SSSR count). The highest BCUT2D eigenvalue weighted by Crippen LogP contribution is 2.27. The number of halogens is 1. The zero-order valence-corrected chi connectivity index (χ0v) is 13.0. The second-order valence-electron chi connectivity index (χ2n) is 4.08. The Morgan fingerprint density at radius 3 is 2.79 bits per heavy atom. The third kappa shape index (κ3) is 2.98. The van der Waals surface area contributed by atoms with Gasteiger partial charge in [-0.05, 0) is 41.4 Å². The summed E-state index contributed by atoms with van der Waals surface area (Å²) in [4.78, 5) is 3.90. The zero-order chi connectivity index (χ0) is 14.0. The molecule has 2 aromatic rings. The molecule has 7 heteroatoms. The number of nitrogens with zero attached hydrogens (tertiary/aromatic N) is 2. The van der Waals surface area contributed by atoms with Gasteiger partial charge >= 0.3 is 0 Å². The maximum atomic E-state index is 12.2. The minimum Gasteiger partial charge on any atom is -0.336 e. The first-order valence-corrected chi connectivity index (χ1v) is 8.01. The molecule has 0 saturated carbocycles. The minimum atomic E-state index is -3.65. The Labute approximate surface area is 120 Å². The van der Waals surface area contributed by atoms with Gasteiger partial charge in [0, 0.05) is 17.2 Å². The van der Waals surface area contributed by atoms with Gasteiger partial charge in [-0.15, -0.1) is 0 Å². The average Bonchev–Trinajstić information content (AvgIpc) is 2.84. The molecule has 0 aliphatic rings. The van der Waals surface area contributed by atoms with Crippen LogP contribution < -0.4 is 4.72 Å². The average molecular weight is 344 g/mol. The molecule has 0 fully saturated rings. The number of sulfonamides is 1. The van der Waals surface area contributed by atoms with E-state index in [1.807, 2.05) is 19.9 Å². The second-order valence-corrected chi connectivity index (χ2v) is 6.51. The summed E-state index contributed by atoms with van der Waals surface area (Å²) in [7, 11) is -3.65. The van der Waals surface area contributed by atoms with Gasteiger partial charge < -0.3 is 4.57 Å². The van der Waals surface area contributed by atoms with Crippen LogP contribution in [0.5, 0.6) is 0 Å². The molecule has 0 aliphatic carbocycles. The molecule has 0 radical (unpaired) electrons. The molecular weight excluding hydrogens is 330 g/mol. The van der Waals surface area contributed by atoms with Crippen molar-refractivity contribution in [3.8, 4) is 0 Å². The molecule has 0 amide bonds. The maximum Gasteiger partial charge on any atom is 0.280 e. The number of hydrogen-bond donors (Lipinski definition) is 1. The van der Waals surface area contributed by atoms with Crippen LogP contribution in [0, 0.1) is 6.92 Å². The van der Waals surface area contributed by atoms with Gasteiger partial charge in [0.05, 0.1) is 12.0 Å². The predicted octanol–water partition coefficient (Wildman–Crippen LogP) is 2.77. The Morgan fingerprint density at radius 2 is 2.16 bits per heavy atom. The molecule has 5 nitrogen and oxygen atoms in total. The lowest BCUT2D eigenvalue weighted by Crippen LogP contribution is -2.14. The summed E-state index contributed by atoms with van der Waals surface area (Å²) in [5, 5.41) is 0.0164. The fourth-order valence-electron chi connectivity index (χ4n) is 1.57. The van der Waals surface area contributed by atoms with Gasteiger partial charge in [-0.3, -0.25) is 4.72 Å².